The molecule has 7 heteroatoms. The molecular weight excluding hydrogens is 325 g/mol. The van der Waals surface area contributed by atoms with Crippen molar-refractivity contribution in [3.05, 3.63) is 30.1 Å². The maximum atomic E-state index is 12.8. The van der Waals surface area contributed by atoms with Crippen molar-refractivity contribution < 1.29 is 18.7 Å². The molecule has 1 aromatic carbocycles. The monoisotopic (exact) mass is 349 g/mol. The maximum Gasteiger partial charge on any atom is 0.260 e. The molecule has 2 aliphatic heterocycles. The first-order valence-corrected chi connectivity index (χ1v) is 8.70. The average Bonchev–Trinajstić information content (AvgIpc) is 2.59. The molecule has 3 rings (SSSR count). The zero-order valence-electron chi connectivity index (χ0n) is 14.4. The lowest BCUT2D eigenvalue weighted by molar-refractivity contribution is -0.144. The summed E-state index contributed by atoms with van der Waals surface area (Å²) in [4.78, 5) is 28.3. The third-order valence-electron chi connectivity index (χ3n) is 5.03. The summed E-state index contributed by atoms with van der Waals surface area (Å²) in [5.74, 6) is 0.647. The summed E-state index contributed by atoms with van der Waals surface area (Å²) < 4.78 is 18.2. The van der Waals surface area contributed by atoms with E-state index < -0.39 is 0 Å². The number of hydrogen-bond donors (Lipinski definition) is 1. The van der Waals surface area contributed by atoms with Gasteiger partial charge < -0.3 is 19.9 Å². The minimum absolute atomic E-state index is 0.0327. The Morgan fingerprint density at radius 1 is 1.16 bits per heavy atom. The van der Waals surface area contributed by atoms with E-state index in [2.05, 4.69) is 5.32 Å². The molecule has 136 valence electrons. The van der Waals surface area contributed by atoms with Crippen molar-refractivity contribution in [2.24, 2.45) is 11.8 Å². The molecular formula is C18H24FN3O3. The topological polar surface area (TPSA) is 61.9 Å². The predicted molar refractivity (Wildman–Crippen MR) is 90.6 cm³/mol. The summed E-state index contributed by atoms with van der Waals surface area (Å²) in [5, 5.41) is 3.19. The summed E-state index contributed by atoms with van der Waals surface area (Å²) in [6.45, 7) is 5.89. The number of ether oxygens (including phenoxy) is 1. The fourth-order valence-electron chi connectivity index (χ4n) is 3.10. The Labute approximate surface area is 146 Å². The van der Waals surface area contributed by atoms with E-state index in [1.165, 1.54) is 24.3 Å². The Morgan fingerprint density at radius 3 is 2.32 bits per heavy atom. The minimum atomic E-state index is -0.341. The number of piperazine rings is 1. The molecule has 6 nitrogen and oxygen atoms in total. The molecule has 2 saturated heterocycles. The van der Waals surface area contributed by atoms with Gasteiger partial charge in [0.25, 0.3) is 5.91 Å². The van der Waals surface area contributed by atoms with Crippen LogP contribution in [0.1, 0.15) is 6.92 Å². The highest BCUT2D eigenvalue weighted by atomic mass is 19.1. The lowest BCUT2D eigenvalue weighted by Crippen LogP contribution is -2.55. The van der Waals surface area contributed by atoms with Crippen molar-refractivity contribution in [3.8, 4) is 5.75 Å². The van der Waals surface area contributed by atoms with Crippen LogP contribution in [-0.2, 0) is 9.59 Å². The number of hydrogen-bond acceptors (Lipinski definition) is 4. The largest absolute Gasteiger partial charge is 0.484 e. The van der Waals surface area contributed by atoms with Crippen LogP contribution >= 0.6 is 0 Å². The molecule has 2 heterocycles. The first-order valence-electron chi connectivity index (χ1n) is 8.70. The molecule has 0 saturated carbocycles. The predicted octanol–water partition coefficient (Wildman–Crippen LogP) is 0.731. The van der Waals surface area contributed by atoms with Gasteiger partial charge in [-0.15, -0.1) is 0 Å². The van der Waals surface area contributed by atoms with Crippen LogP contribution in [0.25, 0.3) is 0 Å². The number of nitrogens with one attached hydrogen (secondary N) is 1. The van der Waals surface area contributed by atoms with Gasteiger partial charge in [0.2, 0.25) is 5.91 Å². The number of halogens is 1. The van der Waals surface area contributed by atoms with Crippen LogP contribution < -0.4 is 10.1 Å². The zero-order chi connectivity index (χ0) is 17.8. The van der Waals surface area contributed by atoms with Gasteiger partial charge in [0, 0.05) is 32.1 Å². The van der Waals surface area contributed by atoms with Crippen molar-refractivity contribution in [2.45, 2.75) is 6.92 Å². The summed E-state index contributed by atoms with van der Waals surface area (Å²) in [6.07, 6.45) is 0. The van der Waals surface area contributed by atoms with Gasteiger partial charge in [0.05, 0.1) is 0 Å². The molecule has 0 spiro atoms. The van der Waals surface area contributed by atoms with Crippen molar-refractivity contribution in [2.75, 3.05) is 45.9 Å². The van der Waals surface area contributed by atoms with Crippen LogP contribution in [0.3, 0.4) is 0 Å². The molecule has 2 aliphatic rings. The highest BCUT2D eigenvalue weighted by Crippen LogP contribution is 2.19. The second-order valence-electron chi connectivity index (χ2n) is 6.66. The van der Waals surface area contributed by atoms with Crippen LogP contribution in [-0.4, -0.2) is 67.5 Å². The molecule has 2 fully saturated rings. The van der Waals surface area contributed by atoms with E-state index >= 15 is 0 Å². The van der Waals surface area contributed by atoms with Crippen molar-refractivity contribution in [3.63, 3.8) is 0 Å². The maximum absolute atomic E-state index is 12.8. The minimum Gasteiger partial charge on any atom is -0.484 e. The number of benzene rings is 1. The van der Waals surface area contributed by atoms with Crippen molar-refractivity contribution in [1.82, 2.24) is 15.1 Å². The Hall–Kier alpha value is -2.15. The first-order chi connectivity index (χ1) is 12.0. The van der Waals surface area contributed by atoms with Crippen molar-refractivity contribution >= 4 is 11.8 Å². The zero-order valence-corrected chi connectivity index (χ0v) is 14.4. The molecule has 1 atom stereocenters. The van der Waals surface area contributed by atoms with E-state index in [1.54, 1.807) is 4.90 Å². The fourth-order valence-corrected chi connectivity index (χ4v) is 3.10. The van der Waals surface area contributed by atoms with E-state index in [0.717, 1.165) is 13.1 Å². The van der Waals surface area contributed by atoms with Gasteiger partial charge in [-0.1, -0.05) is 6.92 Å². The molecule has 0 aromatic heterocycles. The van der Waals surface area contributed by atoms with Crippen LogP contribution in [0, 0.1) is 17.7 Å². The van der Waals surface area contributed by atoms with Gasteiger partial charge in [-0.25, -0.2) is 4.39 Å². The molecule has 25 heavy (non-hydrogen) atoms. The van der Waals surface area contributed by atoms with E-state index in [0.29, 0.717) is 37.8 Å². The highest BCUT2D eigenvalue weighted by Gasteiger charge is 2.33. The Kier molecular flexibility index (Phi) is 5.53. The van der Waals surface area contributed by atoms with E-state index in [4.69, 9.17) is 4.74 Å². The Bertz CT molecular complexity index is 610. The first kappa shape index (κ1) is 17.7. The van der Waals surface area contributed by atoms with Crippen LogP contribution in [0.4, 0.5) is 4.39 Å². The number of nitrogens with zero attached hydrogens (tertiary/aromatic N) is 2. The van der Waals surface area contributed by atoms with Gasteiger partial charge in [-0.05, 0) is 43.3 Å². The smallest absolute Gasteiger partial charge is 0.260 e. The summed E-state index contributed by atoms with van der Waals surface area (Å²) in [6, 6.07) is 5.58. The second kappa shape index (κ2) is 7.82. The quantitative estimate of drug-likeness (QED) is 0.851. The number of carbonyl (C=O) groups excluding carboxylic acids is 2. The normalized spacial score (nSPS) is 19.3. The Balaban J connectivity index is 1.42. The van der Waals surface area contributed by atoms with Gasteiger partial charge in [0.1, 0.15) is 11.6 Å². The lowest BCUT2D eigenvalue weighted by Gasteiger charge is -2.39. The number of rotatable bonds is 5. The Morgan fingerprint density at radius 2 is 1.76 bits per heavy atom. The molecule has 1 N–H and O–H groups in total. The second-order valence-corrected chi connectivity index (χ2v) is 6.66. The van der Waals surface area contributed by atoms with E-state index in [1.807, 2.05) is 11.8 Å². The molecule has 0 radical (unpaired) electrons. The molecule has 0 aliphatic carbocycles. The third-order valence-corrected chi connectivity index (χ3v) is 5.03. The number of amides is 2. The van der Waals surface area contributed by atoms with Gasteiger partial charge >= 0.3 is 0 Å². The summed E-state index contributed by atoms with van der Waals surface area (Å²) in [7, 11) is 0. The van der Waals surface area contributed by atoms with E-state index in [-0.39, 0.29) is 30.2 Å². The molecule has 2 amide bonds. The molecule has 0 bridgehead atoms. The molecule has 1 aromatic rings. The van der Waals surface area contributed by atoms with Gasteiger partial charge in [-0.2, -0.15) is 0 Å². The van der Waals surface area contributed by atoms with Gasteiger partial charge in [-0.3, -0.25) is 9.59 Å². The van der Waals surface area contributed by atoms with E-state index in [9.17, 15) is 14.0 Å². The highest BCUT2D eigenvalue weighted by molar-refractivity contribution is 5.80. The third kappa shape index (κ3) is 4.28. The molecule has 1 unspecified atom stereocenters. The SMILES string of the molecule is CC(C(=O)N1CCN(C(=O)COc2ccc(F)cc2)CC1)C1CNC1. The fraction of sp³-hybridized carbons (Fsp3) is 0.556. The lowest BCUT2D eigenvalue weighted by atomic mass is 9.88. The number of carbonyl (C=O) groups is 2. The summed E-state index contributed by atoms with van der Waals surface area (Å²) >= 11 is 0. The summed E-state index contributed by atoms with van der Waals surface area (Å²) in [5.41, 5.74) is 0. The van der Waals surface area contributed by atoms with Crippen LogP contribution in [0.5, 0.6) is 5.75 Å². The standard InChI is InChI=1S/C18H24FN3O3/c1-13(14-10-20-11-14)18(24)22-8-6-21(7-9-22)17(23)12-25-16-4-2-15(19)3-5-16/h2-5,13-14,20H,6-12H2,1H3. The van der Waals surface area contributed by atoms with Crippen LogP contribution in [0.2, 0.25) is 0 Å². The average molecular weight is 349 g/mol. The van der Waals surface area contributed by atoms with Gasteiger partial charge in [0.15, 0.2) is 6.61 Å². The van der Waals surface area contributed by atoms with Crippen LogP contribution in [0.15, 0.2) is 24.3 Å². The van der Waals surface area contributed by atoms with Crippen molar-refractivity contribution in [1.29, 1.82) is 0 Å².